The van der Waals surface area contributed by atoms with Gasteiger partial charge in [0, 0.05) is 0 Å². The Labute approximate surface area is 76.7 Å². The van der Waals surface area contributed by atoms with Gasteiger partial charge in [0.1, 0.15) is 0 Å². The van der Waals surface area contributed by atoms with Crippen LogP contribution in [0.15, 0.2) is 10.8 Å². The van der Waals surface area contributed by atoms with Crippen molar-refractivity contribution in [1.29, 1.82) is 0 Å². The van der Waals surface area contributed by atoms with E-state index >= 15 is 0 Å². The standard InChI is InChI=1S/C5H3BrN4Se/c6-2-1-8-3-4(9-2)11-5(7)10-3/h1H,(H2,7,8,10). The van der Waals surface area contributed by atoms with Gasteiger partial charge in [0.05, 0.1) is 0 Å². The molecule has 0 fully saturated rings. The Morgan fingerprint density at radius 2 is 2.27 bits per heavy atom. The topological polar surface area (TPSA) is 64.7 Å². The molecule has 0 amide bonds. The summed E-state index contributed by atoms with van der Waals surface area (Å²) >= 11 is 3.30. The Kier molecular flexibility index (Phi) is 1.67. The first-order valence-electron chi connectivity index (χ1n) is 2.80. The Morgan fingerprint density at radius 3 is 3.09 bits per heavy atom. The van der Waals surface area contributed by atoms with E-state index in [4.69, 9.17) is 5.73 Å². The molecular weight excluding hydrogens is 275 g/mol. The van der Waals surface area contributed by atoms with Crippen LogP contribution in [-0.2, 0) is 0 Å². The molecule has 0 aliphatic rings. The van der Waals surface area contributed by atoms with Crippen molar-refractivity contribution in [2.24, 2.45) is 0 Å². The molecule has 0 saturated carbocycles. The Morgan fingerprint density at radius 1 is 1.45 bits per heavy atom. The molecule has 0 radical (unpaired) electrons. The third kappa shape index (κ3) is 1.29. The molecule has 2 N–H and O–H groups in total. The zero-order valence-corrected chi connectivity index (χ0v) is 8.58. The number of hydrogen-bond acceptors (Lipinski definition) is 4. The predicted molar refractivity (Wildman–Crippen MR) is 46.4 cm³/mol. The number of aromatic nitrogens is 3. The molecule has 4 nitrogen and oxygen atoms in total. The van der Waals surface area contributed by atoms with Crippen LogP contribution in [0.1, 0.15) is 0 Å². The molecule has 0 unspecified atom stereocenters. The number of fused-ring (bicyclic) bond motifs is 1. The molecule has 2 aromatic heterocycles. The van der Waals surface area contributed by atoms with Crippen LogP contribution in [0, 0.1) is 0 Å². The average Bonchev–Trinajstić information content (AvgIpc) is 2.27. The van der Waals surface area contributed by atoms with E-state index in [-0.39, 0.29) is 14.5 Å². The van der Waals surface area contributed by atoms with Gasteiger partial charge in [0.2, 0.25) is 0 Å². The molecule has 56 valence electrons. The fraction of sp³-hybridized carbons (Fsp3) is 0. The van der Waals surface area contributed by atoms with Gasteiger partial charge in [-0.15, -0.1) is 0 Å². The molecule has 2 rings (SSSR count). The number of anilines is 1. The van der Waals surface area contributed by atoms with Crippen molar-refractivity contribution in [2.45, 2.75) is 0 Å². The van der Waals surface area contributed by atoms with Gasteiger partial charge in [0.25, 0.3) is 0 Å². The van der Waals surface area contributed by atoms with E-state index in [1.165, 1.54) is 0 Å². The summed E-state index contributed by atoms with van der Waals surface area (Å²) in [5, 5.41) is 0. The minimum absolute atomic E-state index is 0.0755. The van der Waals surface area contributed by atoms with E-state index in [0.717, 1.165) is 8.99 Å². The first-order valence-corrected chi connectivity index (χ1v) is 5.31. The van der Waals surface area contributed by atoms with Crippen molar-refractivity contribution < 1.29 is 0 Å². The summed E-state index contributed by atoms with van der Waals surface area (Å²) in [6.07, 6.45) is 1.62. The summed E-state index contributed by atoms with van der Waals surface area (Å²) in [5.41, 5.74) is 6.19. The van der Waals surface area contributed by atoms with Gasteiger partial charge in [0.15, 0.2) is 0 Å². The fourth-order valence-electron chi connectivity index (χ4n) is 0.717. The van der Waals surface area contributed by atoms with Crippen LogP contribution in [-0.4, -0.2) is 29.5 Å². The first kappa shape index (κ1) is 7.21. The van der Waals surface area contributed by atoms with E-state index in [2.05, 4.69) is 30.9 Å². The normalized spacial score (nSPS) is 10.6. The van der Waals surface area contributed by atoms with Crippen LogP contribution in [0.2, 0.25) is 0 Å². The van der Waals surface area contributed by atoms with Gasteiger partial charge < -0.3 is 0 Å². The van der Waals surface area contributed by atoms with Crippen LogP contribution in [0.5, 0.6) is 0 Å². The fourth-order valence-corrected chi connectivity index (χ4v) is 2.65. The first-order chi connectivity index (χ1) is 5.25. The Bertz CT molecular complexity index is 398. The number of halogens is 1. The van der Waals surface area contributed by atoms with E-state index in [0.29, 0.717) is 10.3 Å². The number of nitrogen functional groups attached to an aromatic ring is 1. The molecule has 0 atom stereocenters. The molecule has 6 heteroatoms. The molecule has 2 heterocycles. The Hall–Kier alpha value is -0.451. The summed E-state index contributed by atoms with van der Waals surface area (Å²) in [6.45, 7) is 0. The van der Waals surface area contributed by atoms with Crippen LogP contribution in [0.25, 0.3) is 10.0 Å². The van der Waals surface area contributed by atoms with Crippen molar-refractivity contribution >= 4 is 45.2 Å². The van der Waals surface area contributed by atoms with Crippen molar-refractivity contribution in [3.8, 4) is 0 Å². The van der Waals surface area contributed by atoms with E-state index in [9.17, 15) is 0 Å². The van der Waals surface area contributed by atoms with Gasteiger partial charge >= 0.3 is 76.6 Å². The van der Waals surface area contributed by atoms with Gasteiger partial charge in [-0.3, -0.25) is 0 Å². The van der Waals surface area contributed by atoms with Crippen molar-refractivity contribution in [1.82, 2.24) is 15.0 Å². The van der Waals surface area contributed by atoms with Gasteiger partial charge in [-0.2, -0.15) is 0 Å². The van der Waals surface area contributed by atoms with Crippen LogP contribution in [0.4, 0.5) is 4.69 Å². The van der Waals surface area contributed by atoms with Crippen molar-refractivity contribution in [3.63, 3.8) is 0 Å². The summed E-state index contributed by atoms with van der Waals surface area (Å²) in [6, 6.07) is 0. The van der Waals surface area contributed by atoms with E-state index in [1.807, 2.05) is 0 Å². The molecule has 0 aromatic carbocycles. The second-order valence-corrected chi connectivity index (χ2v) is 4.80. The molecule has 2 aromatic rings. The second-order valence-electron chi connectivity index (χ2n) is 1.87. The predicted octanol–water partition coefficient (Wildman–Crippen LogP) is 0.427. The van der Waals surface area contributed by atoms with Gasteiger partial charge in [-0.05, 0) is 0 Å². The molecular formula is C5H3BrN4Se. The molecule has 11 heavy (non-hydrogen) atoms. The molecule has 0 saturated heterocycles. The SMILES string of the molecule is Nc1nc2ncc(Br)nc2[se]1. The molecule has 0 bridgehead atoms. The summed E-state index contributed by atoms with van der Waals surface area (Å²) < 4.78 is 2.29. The summed E-state index contributed by atoms with van der Waals surface area (Å²) in [5.74, 6) is 0. The van der Waals surface area contributed by atoms with Gasteiger partial charge in [-0.25, -0.2) is 0 Å². The maximum absolute atomic E-state index is 5.52. The van der Waals surface area contributed by atoms with E-state index in [1.54, 1.807) is 6.20 Å². The summed E-state index contributed by atoms with van der Waals surface area (Å²) in [4.78, 5) is 12.3. The third-order valence-electron chi connectivity index (χ3n) is 1.11. The monoisotopic (exact) mass is 278 g/mol. The quantitative estimate of drug-likeness (QED) is 0.709. The van der Waals surface area contributed by atoms with Crippen molar-refractivity contribution in [2.75, 3.05) is 5.73 Å². The van der Waals surface area contributed by atoms with Crippen LogP contribution in [0.3, 0.4) is 0 Å². The number of nitrogens with zero attached hydrogens (tertiary/aromatic N) is 3. The molecule has 0 spiro atoms. The van der Waals surface area contributed by atoms with Crippen molar-refractivity contribution in [3.05, 3.63) is 10.8 Å². The van der Waals surface area contributed by atoms with E-state index < -0.39 is 0 Å². The van der Waals surface area contributed by atoms with Crippen LogP contribution >= 0.6 is 15.9 Å². The average molecular weight is 278 g/mol. The Balaban J connectivity index is 2.82. The number of nitrogens with two attached hydrogens (primary N) is 1. The second kappa shape index (κ2) is 2.55. The third-order valence-corrected chi connectivity index (χ3v) is 3.10. The van der Waals surface area contributed by atoms with Gasteiger partial charge in [-0.1, -0.05) is 0 Å². The number of hydrogen-bond donors (Lipinski definition) is 1. The molecule has 0 aliphatic carbocycles. The zero-order chi connectivity index (χ0) is 7.84. The molecule has 0 aliphatic heterocycles. The summed E-state index contributed by atoms with van der Waals surface area (Å²) in [7, 11) is 0. The maximum atomic E-state index is 5.52. The minimum atomic E-state index is 0.0755. The zero-order valence-electron chi connectivity index (χ0n) is 5.28. The number of rotatable bonds is 0. The van der Waals surface area contributed by atoms with Crippen LogP contribution < -0.4 is 5.73 Å².